The molecule has 0 aromatic carbocycles. The van der Waals surface area contributed by atoms with Crippen molar-refractivity contribution in [3.05, 3.63) is 0 Å². The fourth-order valence-corrected chi connectivity index (χ4v) is 1.49. The molecule has 1 aliphatic heterocycles. The van der Waals surface area contributed by atoms with Gasteiger partial charge in [-0.1, -0.05) is 0 Å². The molecule has 0 bridgehead atoms. The third-order valence-corrected chi connectivity index (χ3v) is 2.42. The number of ether oxygens (including phenoxy) is 2. The second-order valence-corrected chi connectivity index (χ2v) is 5.49. The smallest absolute Gasteiger partial charge is 0.410 e. The molecule has 0 N–H and O–H groups in total. The maximum atomic E-state index is 11.4. The van der Waals surface area contributed by atoms with Gasteiger partial charge in [0, 0.05) is 26.0 Å². The maximum Gasteiger partial charge on any atom is 0.410 e. The highest BCUT2D eigenvalue weighted by atomic mass is 32.2. The molecule has 1 aliphatic rings. The summed E-state index contributed by atoms with van der Waals surface area (Å²) in [6.07, 6.45) is 1.17. The molecule has 0 spiro atoms. The first-order chi connectivity index (χ1) is 6.99. The highest BCUT2D eigenvalue weighted by molar-refractivity contribution is 7.90. The SMILES string of the molecule is CS(=O)(=O)COC(=O)N1CCCOCC1. The van der Waals surface area contributed by atoms with Crippen LogP contribution in [0.5, 0.6) is 0 Å². The Labute approximate surface area is 89.1 Å². The Balaban J connectivity index is 2.38. The number of hydrogen-bond donors (Lipinski definition) is 0. The Hall–Kier alpha value is -0.820. The minimum atomic E-state index is -3.27. The molecule has 1 fully saturated rings. The van der Waals surface area contributed by atoms with Crippen molar-refractivity contribution in [2.24, 2.45) is 0 Å². The van der Waals surface area contributed by atoms with E-state index in [1.807, 2.05) is 0 Å². The minimum absolute atomic E-state index is 0.447. The second-order valence-electron chi connectivity index (χ2n) is 3.41. The predicted molar refractivity (Wildman–Crippen MR) is 53.2 cm³/mol. The van der Waals surface area contributed by atoms with Crippen LogP contribution in [0.25, 0.3) is 0 Å². The lowest BCUT2D eigenvalue weighted by molar-refractivity contribution is 0.109. The molecule has 0 saturated carbocycles. The highest BCUT2D eigenvalue weighted by Gasteiger charge is 2.18. The molecule has 7 heteroatoms. The highest BCUT2D eigenvalue weighted by Crippen LogP contribution is 2.02. The Morgan fingerprint density at radius 2 is 2.13 bits per heavy atom. The van der Waals surface area contributed by atoms with Crippen LogP contribution in [-0.4, -0.2) is 57.9 Å². The Morgan fingerprint density at radius 3 is 2.80 bits per heavy atom. The predicted octanol–water partition coefficient (Wildman–Crippen LogP) is -0.153. The first kappa shape index (κ1) is 12.3. The van der Waals surface area contributed by atoms with Crippen molar-refractivity contribution >= 4 is 15.9 Å². The van der Waals surface area contributed by atoms with Crippen LogP contribution in [0, 0.1) is 0 Å². The lowest BCUT2D eigenvalue weighted by atomic mass is 10.4. The molecule has 1 saturated heterocycles. The zero-order valence-corrected chi connectivity index (χ0v) is 9.46. The summed E-state index contributed by atoms with van der Waals surface area (Å²) in [6.45, 7) is 2.08. The number of nitrogens with zero attached hydrogens (tertiary/aromatic N) is 1. The minimum Gasteiger partial charge on any atom is -0.433 e. The van der Waals surface area contributed by atoms with E-state index in [1.165, 1.54) is 4.90 Å². The van der Waals surface area contributed by atoms with Gasteiger partial charge in [-0.05, 0) is 6.42 Å². The summed E-state index contributed by atoms with van der Waals surface area (Å²) < 4.78 is 31.3. The molecular weight excluding hydrogens is 222 g/mol. The quantitative estimate of drug-likeness (QED) is 0.667. The Bertz CT molecular complexity index is 305. The van der Waals surface area contributed by atoms with Crippen molar-refractivity contribution in [1.82, 2.24) is 4.90 Å². The second kappa shape index (κ2) is 5.32. The first-order valence-electron chi connectivity index (χ1n) is 4.66. The van der Waals surface area contributed by atoms with Crippen LogP contribution in [0.2, 0.25) is 0 Å². The molecule has 0 radical (unpaired) electrons. The van der Waals surface area contributed by atoms with E-state index < -0.39 is 21.9 Å². The molecule has 1 heterocycles. The van der Waals surface area contributed by atoms with Gasteiger partial charge in [-0.15, -0.1) is 0 Å². The molecule has 88 valence electrons. The van der Waals surface area contributed by atoms with E-state index in [4.69, 9.17) is 4.74 Å². The monoisotopic (exact) mass is 237 g/mol. The third-order valence-electron chi connectivity index (χ3n) is 1.88. The molecule has 0 aromatic heterocycles. The number of amides is 1. The van der Waals surface area contributed by atoms with Crippen molar-refractivity contribution in [3.63, 3.8) is 0 Å². The summed E-state index contributed by atoms with van der Waals surface area (Å²) >= 11 is 0. The number of sulfone groups is 1. The molecule has 1 rings (SSSR count). The maximum absolute atomic E-state index is 11.4. The van der Waals surface area contributed by atoms with E-state index in [-0.39, 0.29) is 0 Å². The van der Waals surface area contributed by atoms with Crippen molar-refractivity contribution in [2.45, 2.75) is 6.42 Å². The average Bonchev–Trinajstić information content (AvgIpc) is 2.41. The van der Waals surface area contributed by atoms with Crippen molar-refractivity contribution in [3.8, 4) is 0 Å². The van der Waals surface area contributed by atoms with E-state index in [1.54, 1.807) is 0 Å². The van der Waals surface area contributed by atoms with Gasteiger partial charge in [0.05, 0.1) is 6.61 Å². The fraction of sp³-hybridized carbons (Fsp3) is 0.875. The van der Waals surface area contributed by atoms with Crippen LogP contribution < -0.4 is 0 Å². The number of rotatable bonds is 2. The summed E-state index contributed by atoms with van der Waals surface area (Å²) in [5.41, 5.74) is 0. The summed E-state index contributed by atoms with van der Waals surface area (Å²) in [4.78, 5) is 12.8. The zero-order valence-electron chi connectivity index (χ0n) is 8.64. The van der Waals surface area contributed by atoms with Gasteiger partial charge >= 0.3 is 6.09 Å². The molecule has 0 unspecified atom stereocenters. The molecule has 6 nitrogen and oxygen atoms in total. The van der Waals surface area contributed by atoms with Gasteiger partial charge in [0.1, 0.15) is 0 Å². The van der Waals surface area contributed by atoms with E-state index in [0.717, 1.165) is 12.7 Å². The van der Waals surface area contributed by atoms with Gasteiger partial charge in [0.15, 0.2) is 15.8 Å². The van der Waals surface area contributed by atoms with Crippen LogP contribution >= 0.6 is 0 Å². The van der Waals surface area contributed by atoms with Crippen LogP contribution in [0.4, 0.5) is 4.79 Å². The van der Waals surface area contributed by atoms with Crippen molar-refractivity contribution < 1.29 is 22.7 Å². The lowest BCUT2D eigenvalue weighted by Gasteiger charge is -2.18. The first-order valence-corrected chi connectivity index (χ1v) is 6.72. The van der Waals surface area contributed by atoms with E-state index >= 15 is 0 Å². The van der Waals surface area contributed by atoms with E-state index in [2.05, 4.69) is 4.74 Å². The molecule has 15 heavy (non-hydrogen) atoms. The zero-order chi connectivity index (χ0) is 11.3. The summed E-state index contributed by atoms with van der Waals surface area (Å²) in [6, 6.07) is 0. The molecule has 0 aliphatic carbocycles. The average molecular weight is 237 g/mol. The van der Waals surface area contributed by atoms with Gasteiger partial charge in [-0.3, -0.25) is 0 Å². The summed E-state index contributed by atoms with van der Waals surface area (Å²) in [7, 11) is -3.27. The fourth-order valence-electron chi connectivity index (χ4n) is 1.18. The number of carbonyl (C=O) groups is 1. The van der Waals surface area contributed by atoms with Crippen LogP contribution in [-0.2, 0) is 19.3 Å². The van der Waals surface area contributed by atoms with Crippen molar-refractivity contribution in [2.75, 3.05) is 38.5 Å². The van der Waals surface area contributed by atoms with Gasteiger partial charge in [0.25, 0.3) is 0 Å². The van der Waals surface area contributed by atoms with Gasteiger partial charge in [-0.2, -0.15) is 0 Å². The molecular formula is C8H15NO5S. The number of hydrogen-bond acceptors (Lipinski definition) is 5. The largest absolute Gasteiger partial charge is 0.433 e. The topological polar surface area (TPSA) is 72.9 Å². The molecule has 0 atom stereocenters. The normalized spacial score (nSPS) is 18.3. The Morgan fingerprint density at radius 1 is 1.40 bits per heavy atom. The summed E-state index contributed by atoms with van der Waals surface area (Å²) in [5, 5.41) is 0. The van der Waals surface area contributed by atoms with E-state index in [0.29, 0.717) is 26.3 Å². The van der Waals surface area contributed by atoms with Gasteiger partial charge in [0.2, 0.25) is 0 Å². The van der Waals surface area contributed by atoms with Crippen LogP contribution in [0.15, 0.2) is 0 Å². The standard InChI is InChI=1S/C8H15NO5S/c1-15(11,12)7-14-8(10)9-3-2-5-13-6-4-9/h2-7H2,1H3. The number of carbonyl (C=O) groups excluding carboxylic acids is 1. The molecule has 1 amide bonds. The van der Waals surface area contributed by atoms with Crippen LogP contribution in [0.3, 0.4) is 0 Å². The van der Waals surface area contributed by atoms with Gasteiger partial charge in [-0.25, -0.2) is 13.2 Å². The molecule has 0 aromatic rings. The van der Waals surface area contributed by atoms with Gasteiger partial charge < -0.3 is 14.4 Å². The van der Waals surface area contributed by atoms with Crippen LogP contribution in [0.1, 0.15) is 6.42 Å². The third kappa shape index (κ3) is 4.98. The summed E-state index contributed by atoms with van der Waals surface area (Å²) in [5.74, 6) is -0.566. The lowest BCUT2D eigenvalue weighted by Crippen LogP contribution is -2.34. The Kier molecular flexibility index (Phi) is 4.34. The van der Waals surface area contributed by atoms with Crippen molar-refractivity contribution in [1.29, 1.82) is 0 Å². The van der Waals surface area contributed by atoms with E-state index in [9.17, 15) is 13.2 Å².